The van der Waals surface area contributed by atoms with Crippen LogP contribution in [0.25, 0.3) is 11.1 Å². The first kappa shape index (κ1) is 18.7. The molecule has 0 saturated heterocycles. The van der Waals surface area contributed by atoms with Gasteiger partial charge in [-0.15, -0.1) is 0 Å². The summed E-state index contributed by atoms with van der Waals surface area (Å²) in [7, 11) is 0. The Kier molecular flexibility index (Phi) is 5.44. The molecule has 0 aliphatic heterocycles. The van der Waals surface area contributed by atoms with Gasteiger partial charge in [0.15, 0.2) is 0 Å². The van der Waals surface area contributed by atoms with Gasteiger partial charge in [-0.05, 0) is 36.6 Å². The summed E-state index contributed by atoms with van der Waals surface area (Å²) in [5.74, 6) is 0.104. The van der Waals surface area contributed by atoms with Crippen LogP contribution in [0.4, 0.5) is 0 Å². The molecule has 1 fully saturated rings. The quantitative estimate of drug-likeness (QED) is 0.680. The number of pyridine rings is 1. The first-order valence-electron chi connectivity index (χ1n) is 9.65. The van der Waals surface area contributed by atoms with Crippen LogP contribution in [0.3, 0.4) is 0 Å². The number of amides is 1. The topological polar surface area (TPSA) is 59.8 Å². The Morgan fingerprint density at radius 2 is 1.89 bits per heavy atom. The fraction of sp³-hybridized carbons (Fsp3) is 0.318. The molecule has 1 amide bonds. The van der Waals surface area contributed by atoms with Crippen LogP contribution in [-0.2, 0) is 16.8 Å². The van der Waals surface area contributed by atoms with E-state index >= 15 is 0 Å². The van der Waals surface area contributed by atoms with E-state index in [4.69, 9.17) is 11.6 Å². The molecule has 1 aliphatic carbocycles. The monoisotopic (exact) mass is 394 g/mol. The minimum atomic E-state index is -0.435. The highest BCUT2D eigenvalue weighted by molar-refractivity contribution is 6.30. The third-order valence-corrected chi connectivity index (χ3v) is 5.80. The van der Waals surface area contributed by atoms with Crippen LogP contribution in [0, 0.1) is 0 Å². The number of rotatable bonds is 6. The van der Waals surface area contributed by atoms with Crippen molar-refractivity contribution in [3.05, 3.63) is 71.8 Å². The second kappa shape index (κ2) is 8.15. The molecule has 144 valence electrons. The van der Waals surface area contributed by atoms with Gasteiger partial charge < -0.3 is 5.32 Å². The highest BCUT2D eigenvalue weighted by Crippen LogP contribution is 2.41. The Bertz CT molecular complexity index is 931. The van der Waals surface area contributed by atoms with Crippen LogP contribution < -0.4 is 5.32 Å². The van der Waals surface area contributed by atoms with E-state index in [0.717, 1.165) is 42.4 Å². The second-order valence-corrected chi connectivity index (χ2v) is 7.72. The number of benzene rings is 1. The summed E-state index contributed by atoms with van der Waals surface area (Å²) in [6.07, 6.45) is 11.3. The summed E-state index contributed by atoms with van der Waals surface area (Å²) in [5, 5.41) is 8.22. The Balaban J connectivity index is 1.39. The summed E-state index contributed by atoms with van der Waals surface area (Å²) in [6.45, 7) is 1.17. The van der Waals surface area contributed by atoms with Gasteiger partial charge in [0.05, 0.1) is 18.2 Å². The zero-order valence-corrected chi connectivity index (χ0v) is 16.4. The van der Waals surface area contributed by atoms with Crippen LogP contribution in [-0.4, -0.2) is 27.2 Å². The number of hydrogen-bond donors (Lipinski definition) is 1. The zero-order chi connectivity index (χ0) is 19.4. The van der Waals surface area contributed by atoms with Crippen molar-refractivity contribution in [1.29, 1.82) is 0 Å². The summed E-state index contributed by atoms with van der Waals surface area (Å²) < 4.78 is 1.85. The molecule has 0 radical (unpaired) electrons. The summed E-state index contributed by atoms with van der Waals surface area (Å²) >= 11 is 6.03. The molecular weight excluding hydrogens is 372 g/mol. The third kappa shape index (κ3) is 3.80. The number of nitrogens with one attached hydrogen (secondary N) is 1. The maximum Gasteiger partial charge on any atom is 0.230 e. The van der Waals surface area contributed by atoms with Crippen molar-refractivity contribution in [2.75, 3.05) is 6.54 Å². The van der Waals surface area contributed by atoms with Gasteiger partial charge in [-0.2, -0.15) is 5.10 Å². The molecule has 3 aromatic rings. The van der Waals surface area contributed by atoms with E-state index in [1.807, 2.05) is 59.7 Å². The van der Waals surface area contributed by atoms with Crippen LogP contribution in [0.5, 0.6) is 0 Å². The number of aromatic nitrogens is 3. The van der Waals surface area contributed by atoms with Crippen molar-refractivity contribution < 1.29 is 4.79 Å². The molecule has 28 heavy (non-hydrogen) atoms. The van der Waals surface area contributed by atoms with Crippen LogP contribution >= 0.6 is 11.6 Å². The van der Waals surface area contributed by atoms with E-state index in [-0.39, 0.29) is 5.91 Å². The predicted molar refractivity (Wildman–Crippen MR) is 110 cm³/mol. The first-order valence-corrected chi connectivity index (χ1v) is 10.0. The van der Waals surface area contributed by atoms with E-state index in [2.05, 4.69) is 15.4 Å². The standard InChI is InChI=1S/C22H23ClN4O/c23-20-7-5-19(6-8-20)22(9-1-2-10-22)21(28)25-12-13-27-16-18(15-26-27)17-4-3-11-24-14-17/h3-8,11,14-16H,1-2,9-10,12-13H2,(H,25,28). The van der Waals surface area contributed by atoms with Gasteiger partial charge in [0.25, 0.3) is 0 Å². The highest BCUT2D eigenvalue weighted by atomic mass is 35.5. The molecule has 1 aromatic carbocycles. The van der Waals surface area contributed by atoms with Gasteiger partial charge in [0.2, 0.25) is 5.91 Å². The van der Waals surface area contributed by atoms with Crippen molar-refractivity contribution in [1.82, 2.24) is 20.1 Å². The first-order chi connectivity index (χ1) is 13.7. The highest BCUT2D eigenvalue weighted by Gasteiger charge is 2.42. The number of carbonyl (C=O) groups excluding carboxylic acids is 1. The Hall–Kier alpha value is -2.66. The second-order valence-electron chi connectivity index (χ2n) is 7.29. The Labute approximate surface area is 169 Å². The molecule has 6 heteroatoms. The molecule has 0 spiro atoms. The SMILES string of the molecule is O=C(NCCn1cc(-c2cccnc2)cn1)C1(c2ccc(Cl)cc2)CCCC1. The van der Waals surface area contributed by atoms with Crippen molar-refractivity contribution in [2.45, 2.75) is 37.6 Å². The fourth-order valence-electron chi connectivity index (χ4n) is 4.02. The van der Waals surface area contributed by atoms with Gasteiger partial charge >= 0.3 is 0 Å². The van der Waals surface area contributed by atoms with Crippen molar-refractivity contribution in [3.63, 3.8) is 0 Å². The average molecular weight is 395 g/mol. The van der Waals surface area contributed by atoms with E-state index in [0.29, 0.717) is 18.1 Å². The van der Waals surface area contributed by atoms with E-state index in [9.17, 15) is 4.79 Å². The number of halogens is 1. The van der Waals surface area contributed by atoms with Gasteiger partial charge in [-0.1, -0.05) is 42.6 Å². The zero-order valence-electron chi connectivity index (χ0n) is 15.6. The molecule has 0 bridgehead atoms. The smallest absolute Gasteiger partial charge is 0.230 e. The molecule has 0 unspecified atom stereocenters. The summed E-state index contributed by atoms with van der Waals surface area (Å²) in [5.41, 5.74) is 2.68. The lowest BCUT2D eigenvalue weighted by molar-refractivity contribution is -0.126. The molecule has 1 N–H and O–H groups in total. The molecular formula is C22H23ClN4O. The fourth-order valence-corrected chi connectivity index (χ4v) is 4.14. The Morgan fingerprint density at radius 3 is 2.61 bits per heavy atom. The predicted octanol–water partition coefficient (Wildman–Crippen LogP) is 4.23. The molecule has 2 heterocycles. The number of hydrogen-bond acceptors (Lipinski definition) is 3. The maximum atomic E-state index is 13.1. The lowest BCUT2D eigenvalue weighted by Crippen LogP contribution is -2.43. The molecule has 1 aliphatic rings. The van der Waals surface area contributed by atoms with Crippen molar-refractivity contribution in [2.24, 2.45) is 0 Å². The van der Waals surface area contributed by atoms with Gasteiger partial charge in [-0.3, -0.25) is 14.5 Å². The molecule has 0 atom stereocenters. The molecule has 5 nitrogen and oxygen atoms in total. The molecule has 4 rings (SSSR count). The van der Waals surface area contributed by atoms with Crippen LogP contribution in [0.1, 0.15) is 31.2 Å². The van der Waals surface area contributed by atoms with E-state index in [1.54, 1.807) is 6.20 Å². The number of nitrogens with zero attached hydrogens (tertiary/aromatic N) is 3. The van der Waals surface area contributed by atoms with Crippen LogP contribution in [0.15, 0.2) is 61.2 Å². The van der Waals surface area contributed by atoms with Crippen LogP contribution in [0.2, 0.25) is 5.02 Å². The normalized spacial score (nSPS) is 15.5. The Morgan fingerprint density at radius 1 is 1.11 bits per heavy atom. The van der Waals surface area contributed by atoms with Gasteiger partial charge in [-0.25, -0.2) is 0 Å². The van der Waals surface area contributed by atoms with Crippen molar-refractivity contribution in [3.8, 4) is 11.1 Å². The van der Waals surface area contributed by atoms with Gasteiger partial charge in [0, 0.05) is 41.3 Å². The lowest BCUT2D eigenvalue weighted by atomic mass is 9.78. The summed E-state index contributed by atoms with van der Waals surface area (Å²) in [6, 6.07) is 11.6. The lowest BCUT2D eigenvalue weighted by Gasteiger charge is -2.28. The van der Waals surface area contributed by atoms with Gasteiger partial charge in [0.1, 0.15) is 0 Å². The third-order valence-electron chi connectivity index (χ3n) is 5.54. The van der Waals surface area contributed by atoms with E-state index in [1.165, 1.54) is 0 Å². The summed E-state index contributed by atoms with van der Waals surface area (Å²) in [4.78, 5) is 17.2. The largest absolute Gasteiger partial charge is 0.353 e. The van der Waals surface area contributed by atoms with Crippen molar-refractivity contribution >= 4 is 17.5 Å². The maximum absolute atomic E-state index is 13.1. The minimum Gasteiger partial charge on any atom is -0.353 e. The molecule has 1 saturated carbocycles. The average Bonchev–Trinajstić information content (AvgIpc) is 3.40. The number of carbonyl (C=O) groups is 1. The minimum absolute atomic E-state index is 0.104. The molecule has 2 aromatic heterocycles. The van der Waals surface area contributed by atoms with E-state index < -0.39 is 5.41 Å².